The third kappa shape index (κ3) is 2.11. The molecule has 0 saturated carbocycles. The third-order valence-corrected chi connectivity index (χ3v) is 3.62. The number of aliphatic imine (C=N–C) groups is 1. The minimum absolute atomic E-state index is 0.236. The largest absolute Gasteiger partial charge is 0.342 e. The van der Waals surface area contributed by atoms with E-state index in [1.54, 1.807) is 6.08 Å². The Morgan fingerprint density at radius 2 is 1.85 bits per heavy atom. The van der Waals surface area contributed by atoms with Crippen molar-refractivity contribution in [2.45, 2.75) is 12.0 Å². The molecule has 0 aromatic heterocycles. The second-order valence-corrected chi connectivity index (χ2v) is 5.11. The van der Waals surface area contributed by atoms with Gasteiger partial charge in [0.2, 0.25) is 0 Å². The van der Waals surface area contributed by atoms with Gasteiger partial charge in [0.1, 0.15) is 22.6 Å². The van der Waals surface area contributed by atoms with Crippen molar-refractivity contribution in [2.24, 2.45) is 4.99 Å². The average molecular weight is 319 g/mol. The van der Waals surface area contributed by atoms with Crippen molar-refractivity contribution in [2.75, 3.05) is 0 Å². The number of allylic oxidation sites excluding steroid dienone is 3. The van der Waals surface area contributed by atoms with E-state index in [0.717, 1.165) is 0 Å². The van der Waals surface area contributed by atoms with E-state index in [-0.39, 0.29) is 11.1 Å². The molecule has 0 amide bonds. The van der Waals surface area contributed by atoms with Crippen LogP contribution in [0.3, 0.4) is 0 Å². The topological polar surface area (TPSA) is 24.4 Å². The fourth-order valence-corrected chi connectivity index (χ4v) is 2.79. The molecule has 104 valence electrons. The lowest BCUT2D eigenvalue weighted by Gasteiger charge is -2.19. The number of nitrogens with zero attached hydrogens (tertiary/aromatic N) is 1. The van der Waals surface area contributed by atoms with Gasteiger partial charge in [-0.1, -0.05) is 29.3 Å². The lowest BCUT2D eigenvalue weighted by molar-refractivity contribution is 0.539. The molecule has 0 fully saturated rings. The van der Waals surface area contributed by atoms with Crippen molar-refractivity contribution >= 4 is 34.5 Å². The van der Waals surface area contributed by atoms with Crippen molar-refractivity contribution in [3.63, 3.8) is 0 Å². The van der Waals surface area contributed by atoms with E-state index in [2.05, 4.69) is 10.3 Å². The molecule has 1 aromatic carbocycles. The normalized spacial score (nSPS) is 21.4. The van der Waals surface area contributed by atoms with Gasteiger partial charge in [-0.05, 0) is 6.42 Å². The maximum absolute atomic E-state index is 13.8. The van der Waals surface area contributed by atoms with Crippen molar-refractivity contribution in [3.8, 4) is 0 Å². The number of fused-ring (bicyclic) bond motifs is 1. The Morgan fingerprint density at radius 1 is 1.20 bits per heavy atom. The van der Waals surface area contributed by atoms with Crippen LogP contribution >= 0.6 is 23.2 Å². The minimum Gasteiger partial charge on any atom is -0.342 e. The van der Waals surface area contributed by atoms with Crippen molar-refractivity contribution < 1.29 is 13.2 Å². The van der Waals surface area contributed by atoms with Gasteiger partial charge in [-0.15, -0.1) is 0 Å². The Morgan fingerprint density at radius 3 is 2.50 bits per heavy atom. The Hall–Kier alpha value is -1.46. The van der Waals surface area contributed by atoms with Gasteiger partial charge in [0, 0.05) is 23.3 Å². The average Bonchev–Trinajstić information content (AvgIpc) is 2.72. The second kappa shape index (κ2) is 4.82. The van der Waals surface area contributed by atoms with Crippen molar-refractivity contribution in [1.29, 1.82) is 0 Å². The Balaban J connectivity index is 2.14. The number of hydrogen-bond donors (Lipinski definition) is 1. The summed E-state index contributed by atoms with van der Waals surface area (Å²) in [7, 11) is 0. The smallest absolute Gasteiger partial charge is 0.196 e. The van der Waals surface area contributed by atoms with Crippen LogP contribution in [0.15, 0.2) is 33.9 Å². The zero-order valence-corrected chi connectivity index (χ0v) is 11.4. The molecular formula is C13H7Cl2F3N2. The van der Waals surface area contributed by atoms with Gasteiger partial charge >= 0.3 is 0 Å². The molecule has 1 unspecified atom stereocenters. The zero-order valence-electron chi connectivity index (χ0n) is 9.85. The van der Waals surface area contributed by atoms with Crippen molar-refractivity contribution in [3.05, 3.63) is 52.0 Å². The van der Waals surface area contributed by atoms with Gasteiger partial charge in [-0.25, -0.2) is 18.2 Å². The summed E-state index contributed by atoms with van der Waals surface area (Å²) in [5.74, 6) is -2.95. The molecule has 2 nitrogen and oxygen atoms in total. The minimum atomic E-state index is -0.988. The first-order valence-corrected chi connectivity index (χ1v) is 6.51. The number of rotatable bonds is 1. The molecule has 1 aromatic rings. The Kier molecular flexibility index (Phi) is 3.26. The summed E-state index contributed by atoms with van der Waals surface area (Å²) >= 11 is 11.8. The van der Waals surface area contributed by atoms with Gasteiger partial charge in [0.25, 0.3) is 0 Å². The summed E-state index contributed by atoms with van der Waals surface area (Å²) in [5.41, 5.74) is 0.0462. The monoisotopic (exact) mass is 318 g/mol. The molecule has 1 aliphatic heterocycles. The number of nitrogens with one attached hydrogen (secondary N) is 1. The van der Waals surface area contributed by atoms with E-state index in [1.807, 2.05) is 0 Å². The maximum atomic E-state index is 13.8. The number of benzene rings is 1. The molecule has 0 spiro atoms. The number of alkyl halides is 1. The van der Waals surface area contributed by atoms with E-state index in [4.69, 9.17) is 23.2 Å². The first kappa shape index (κ1) is 13.5. The van der Waals surface area contributed by atoms with Gasteiger partial charge in [0.05, 0.1) is 11.3 Å². The molecule has 0 bridgehead atoms. The van der Waals surface area contributed by atoms with Gasteiger partial charge in [0.15, 0.2) is 5.62 Å². The summed E-state index contributed by atoms with van der Waals surface area (Å²) in [6.45, 7) is 0. The quantitative estimate of drug-likeness (QED) is 0.616. The molecule has 20 heavy (non-hydrogen) atoms. The highest BCUT2D eigenvalue weighted by Gasteiger charge is 2.31. The predicted octanol–water partition coefficient (Wildman–Crippen LogP) is 3.91. The van der Waals surface area contributed by atoms with Crippen LogP contribution in [0, 0.1) is 17.5 Å². The lowest BCUT2D eigenvalue weighted by Crippen LogP contribution is -2.27. The molecule has 1 aliphatic carbocycles. The predicted molar refractivity (Wildman–Crippen MR) is 72.0 cm³/mol. The van der Waals surface area contributed by atoms with Crippen LogP contribution in [0.5, 0.6) is 0 Å². The standard InChI is InChI=1S/C13H7Cl2F3N2/c14-12-7-2-1-6(11(7)19-13(15)20-12)10-8(17)3-5(16)4-9(10)18/h1,3-4,13,20H,2H2. The first-order chi connectivity index (χ1) is 9.47. The van der Waals surface area contributed by atoms with E-state index in [1.165, 1.54) is 0 Å². The van der Waals surface area contributed by atoms with Crippen LogP contribution in [0.1, 0.15) is 12.0 Å². The van der Waals surface area contributed by atoms with Crippen LogP contribution in [-0.2, 0) is 0 Å². The number of hydrogen-bond acceptors (Lipinski definition) is 2. The first-order valence-electron chi connectivity index (χ1n) is 5.70. The molecule has 0 radical (unpaired) electrons. The van der Waals surface area contributed by atoms with E-state index >= 15 is 0 Å². The third-order valence-electron chi connectivity index (χ3n) is 3.08. The molecular weight excluding hydrogens is 312 g/mol. The van der Waals surface area contributed by atoms with E-state index < -0.39 is 23.1 Å². The maximum Gasteiger partial charge on any atom is 0.196 e. The second-order valence-electron chi connectivity index (χ2n) is 4.32. The Labute approximate surface area is 122 Å². The van der Waals surface area contributed by atoms with Crippen LogP contribution < -0.4 is 5.32 Å². The van der Waals surface area contributed by atoms with E-state index in [9.17, 15) is 13.2 Å². The van der Waals surface area contributed by atoms with Gasteiger partial charge in [-0.3, -0.25) is 0 Å². The summed E-state index contributed by atoms with van der Waals surface area (Å²) in [6, 6.07) is 1.25. The highest BCUT2D eigenvalue weighted by atomic mass is 35.5. The fourth-order valence-electron chi connectivity index (χ4n) is 2.26. The SMILES string of the molecule is Fc1cc(F)c(C2=CCC3=C(Cl)NC(Cl)N=C23)c(F)c1. The van der Waals surface area contributed by atoms with Crippen LogP contribution in [0.25, 0.3) is 5.57 Å². The fraction of sp³-hybridized carbons (Fsp3) is 0.154. The summed E-state index contributed by atoms with van der Waals surface area (Å²) in [4.78, 5) is 4.09. The van der Waals surface area contributed by atoms with Crippen LogP contribution in [0.2, 0.25) is 0 Å². The van der Waals surface area contributed by atoms with Crippen LogP contribution in [-0.4, -0.2) is 11.3 Å². The summed E-state index contributed by atoms with van der Waals surface area (Å²) < 4.78 is 40.6. The summed E-state index contributed by atoms with van der Waals surface area (Å²) in [5, 5.41) is 3.00. The zero-order chi connectivity index (χ0) is 14.4. The molecule has 3 rings (SSSR count). The summed E-state index contributed by atoms with van der Waals surface area (Å²) in [6.07, 6.45) is 1.96. The Bertz CT molecular complexity index is 672. The highest BCUT2D eigenvalue weighted by Crippen LogP contribution is 2.37. The van der Waals surface area contributed by atoms with Crippen LogP contribution in [0.4, 0.5) is 13.2 Å². The molecule has 2 aliphatic rings. The van der Waals surface area contributed by atoms with E-state index in [0.29, 0.717) is 35.0 Å². The molecule has 1 heterocycles. The number of halogens is 5. The van der Waals surface area contributed by atoms with Gasteiger partial charge in [-0.2, -0.15) is 0 Å². The highest BCUT2D eigenvalue weighted by molar-refractivity contribution is 6.41. The molecule has 1 N–H and O–H groups in total. The van der Waals surface area contributed by atoms with Gasteiger partial charge < -0.3 is 5.32 Å². The lowest BCUT2D eigenvalue weighted by atomic mass is 10.0. The molecule has 1 atom stereocenters. The molecule has 0 saturated heterocycles. The molecule has 7 heteroatoms. The van der Waals surface area contributed by atoms with Crippen molar-refractivity contribution in [1.82, 2.24) is 5.32 Å².